The molecule has 0 spiro atoms. The van der Waals surface area contributed by atoms with Gasteiger partial charge >= 0.3 is 12.0 Å². The molecule has 0 aromatic carbocycles. The quantitative estimate of drug-likeness (QED) is 0.712. The summed E-state index contributed by atoms with van der Waals surface area (Å²) in [5.41, 5.74) is 0.478. The van der Waals surface area contributed by atoms with Gasteiger partial charge in [0.2, 0.25) is 0 Å². The first-order valence-electron chi connectivity index (χ1n) is 7.15. The minimum Gasteiger partial charge on any atom is -0.480 e. The summed E-state index contributed by atoms with van der Waals surface area (Å²) in [4.78, 5) is 24.6. The number of nitrogens with one attached hydrogen (secondary N) is 2. The minimum absolute atomic E-state index is 0.224. The first-order valence-corrected chi connectivity index (χ1v) is 7.15. The lowest BCUT2D eigenvalue weighted by Gasteiger charge is -2.26. The van der Waals surface area contributed by atoms with Crippen molar-refractivity contribution in [3.05, 3.63) is 12.4 Å². The van der Waals surface area contributed by atoms with E-state index in [4.69, 9.17) is 5.11 Å². The van der Waals surface area contributed by atoms with Gasteiger partial charge in [0, 0.05) is 19.3 Å². The topological polar surface area (TPSA) is 99.5 Å². The molecular formula is C13H21N5O3. The third-order valence-electron chi connectivity index (χ3n) is 3.35. The van der Waals surface area contributed by atoms with Crippen LogP contribution < -0.4 is 10.6 Å². The number of carbonyl (C=O) groups is 2. The summed E-state index contributed by atoms with van der Waals surface area (Å²) >= 11 is 0. The first kappa shape index (κ1) is 15.3. The highest BCUT2D eigenvalue weighted by molar-refractivity contribution is 5.88. The molecule has 1 aliphatic heterocycles. The third kappa shape index (κ3) is 5.42. The van der Waals surface area contributed by atoms with Crippen LogP contribution in [0.25, 0.3) is 0 Å². The van der Waals surface area contributed by atoms with Gasteiger partial charge in [0.25, 0.3) is 0 Å². The monoisotopic (exact) mass is 295 g/mol. The molecule has 0 radical (unpaired) electrons. The van der Waals surface area contributed by atoms with Crippen LogP contribution in [0.1, 0.15) is 19.3 Å². The fraction of sp³-hybridized carbons (Fsp3) is 0.615. The van der Waals surface area contributed by atoms with Gasteiger partial charge in [0.15, 0.2) is 0 Å². The molecule has 1 aliphatic rings. The maximum atomic E-state index is 11.7. The summed E-state index contributed by atoms with van der Waals surface area (Å²) in [6, 6.07) is -0.304. The van der Waals surface area contributed by atoms with Crippen molar-refractivity contribution in [2.75, 3.05) is 31.5 Å². The van der Waals surface area contributed by atoms with Crippen LogP contribution in [-0.4, -0.2) is 58.0 Å². The van der Waals surface area contributed by atoms with Crippen LogP contribution in [0.3, 0.4) is 0 Å². The van der Waals surface area contributed by atoms with Crippen LogP contribution in [0.15, 0.2) is 12.4 Å². The predicted octanol–water partition coefficient (Wildman–Crippen LogP) is 0.575. The Balaban J connectivity index is 1.66. The minimum atomic E-state index is -0.976. The number of hydrogen-bond acceptors (Lipinski definition) is 4. The Bertz CT molecular complexity index is 482. The molecule has 0 aliphatic carbocycles. The number of carbonyl (C=O) groups excluding carboxylic acids is 1. The van der Waals surface area contributed by atoms with Gasteiger partial charge in [-0.25, -0.2) is 4.79 Å². The molecule has 0 bridgehead atoms. The lowest BCUT2D eigenvalue weighted by atomic mass is 10.1. The smallest absolute Gasteiger partial charge is 0.325 e. The molecule has 0 saturated carbocycles. The van der Waals surface area contributed by atoms with E-state index in [1.165, 1.54) is 36.3 Å². The normalized spacial score (nSPS) is 15.6. The van der Waals surface area contributed by atoms with Crippen molar-refractivity contribution < 1.29 is 14.7 Å². The number of urea groups is 1. The molecule has 2 heterocycles. The van der Waals surface area contributed by atoms with Gasteiger partial charge in [-0.05, 0) is 25.9 Å². The maximum absolute atomic E-state index is 11.7. The molecule has 8 nitrogen and oxygen atoms in total. The van der Waals surface area contributed by atoms with Gasteiger partial charge in [-0.3, -0.25) is 9.48 Å². The molecule has 0 atom stereocenters. The van der Waals surface area contributed by atoms with Crippen LogP contribution in [0.4, 0.5) is 10.5 Å². The van der Waals surface area contributed by atoms with E-state index in [1.807, 2.05) is 0 Å². The number of amides is 2. The van der Waals surface area contributed by atoms with E-state index in [-0.39, 0.29) is 12.6 Å². The highest BCUT2D eigenvalue weighted by Crippen LogP contribution is 2.07. The van der Waals surface area contributed by atoms with E-state index >= 15 is 0 Å². The van der Waals surface area contributed by atoms with Gasteiger partial charge in [0.05, 0.1) is 11.9 Å². The Morgan fingerprint density at radius 2 is 2.05 bits per heavy atom. The van der Waals surface area contributed by atoms with E-state index < -0.39 is 5.97 Å². The van der Waals surface area contributed by atoms with Gasteiger partial charge in [0.1, 0.15) is 6.54 Å². The van der Waals surface area contributed by atoms with Crippen molar-refractivity contribution in [3.8, 4) is 0 Å². The Morgan fingerprint density at radius 3 is 2.76 bits per heavy atom. The number of aromatic nitrogens is 2. The second-order valence-electron chi connectivity index (χ2n) is 5.10. The number of carboxylic acid groups (broad SMARTS) is 1. The number of carboxylic acids is 1. The zero-order valence-electron chi connectivity index (χ0n) is 11.9. The molecule has 1 saturated heterocycles. The Hall–Kier alpha value is -2.09. The molecule has 21 heavy (non-hydrogen) atoms. The van der Waals surface area contributed by atoms with Crippen LogP contribution in [0.5, 0.6) is 0 Å². The molecule has 3 N–H and O–H groups in total. The fourth-order valence-electron chi connectivity index (χ4n) is 2.34. The van der Waals surface area contributed by atoms with Crippen molar-refractivity contribution in [1.82, 2.24) is 20.0 Å². The molecule has 0 unspecified atom stereocenters. The lowest BCUT2D eigenvalue weighted by Crippen LogP contribution is -2.39. The molecular weight excluding hydrogens is 274 g/mol. The highest BCUT2D eigenvalue weighted by atomic mass is 16.4. The zero-order valence-corrected chi connectivity index (χ0v) is 11.9. The van der Waals surface area contributed by atoms with Crippen molar-refractivity contribution in [3.63, 3.8) is 0 Å². The highest BCUT2D eigenvalue weighted by Gasteiger charge is 2.10. The lowest BCUT2D eigenvalue weighted by molar-refractivity contribution is -0.137. The number of nitrogens with zero attached hydrogens (tertiary/aromatic N) is 3. The number of hydrogen-bond donors (Lipinski definition) is 3. The number of rotatable bonds is 6. The van der Waals surface area contributed by atoms with E-state index in [0.29, 0.717) is 12.2 Å². The SMILES string of the molecule is O=C(O)Cn1cc(NC(=O)NCCN2CCCCC2)cn1. The fourth-order valence-corrected chi connectivity index (χ4v) is 2.34. The van der Waals surface area contributed by atoms with Crippen LogP contribution in [-0.2, 0) is 11.3 Å². The summed E-state index contributed by atoms with van der Waals surface area (Å²) in [6.07, 6.45) is 6.67. The Morgan fingerprint density at radius 1 is 1.29 bits per heavy atom. The van der Waals surface area contributed by atoms with Crippen molar-refractivity contribution in [2.45, 2.75) is 25.8 Å². The van der Waals surface area contributed by atoms with Crippen LogP contribution in [0, 0.1) is 0 Å². The summed E-state index contributed by atoms with van der Waals surface area (Å²) in [6.45, 7) is 3.43. The van der Waals surface area contributed by atoms with Crippen molar-refractivity contribution >= 4 is 17.7 Å². The second-order valence-corrected chi connectivity index (χ2v) is 5.10. The zero-order chi connectivity index (χ0) is 15.1. The molecule has 2 rings (SSSR count). The van der Waals surface area contributed by atoms with E-state index in [0.717, 1.165) is 19.6 Å². The van der Waals surface area contributed by atoms with Crippen LogP contribution >= 0.6 is 0 Å². The number of piperidine rings is 1. The molecule has 1 aromatic heterocycles. The van der Waals surface area contributed by atoms with Crippen molar-refractivity contribution in [1.29, 1.82) is 0 Å². The van der Waals surface area contributed by atoms with E-state index in [1.54, 1.807) is 0 Å². The molecule has 1 aromatic rings. The summed E-state index contributed by atoms with van der Waals surface area (Å²) < 4.78 is 1.26. The summed E-state index contributed by atoms with van der Waals surface area (Å²) in [7, 11) is 0. The summed E-state index contributed by atoms with van der Waals surface area (Å²) in [5, 5.41) is 17.9. The van der Waals surface area contributed by atoms with Gasteiger partial charge in [-0.2, -0.15) is 5.10 Å². The van der Waals surface area contributed by atoms with Gasteiger partial charge in [-0.1, -0.05) is 6.42 Å². The second kappa shape index (κ2) is 7.63. The third-order valence-corrected chi connectivity index (χ3v) is 3.35. The standard InChI is InChI=1S/C13H21N5O3/c19-12(20)10-18-9-11(8-15-18)16-13(21)14-4-7-17-5-2-1-3-6-17/h8-9H,1-7,10H2,(H,19,20)(H2,14,16,21). The van der Waals surface area contributed by atoms with Crippen molar-refractivity contribution in [2.24, 2.45) is 0 Å². The number of anilines is 1. The first-order chi connectivity index (χ1) is 10.1. The Labute approximate surface area is 123 Å². The molecule has 8 heteroatoms. The van der Waals surface area contributed by atoms with Gasteiger partial charge < -0.3 is 20.6 Å². The Kier molecular flexibility index (Phi) is 5.56. The number of likely N-dealkylation sites (tertiary alicyclic amines) is 1. The molecule has 116 valence electrons. The summed E-state index contributed by atoms with van der Waals surface area (Å²) in [5.74, 6) is -0.976. The average Bonchev–Trinajstić information content (AvgIpc) is 2.86. The van der Waals surface area contributed by atoms with Crippen LogP contribution in [0.2, 0.25) is 0 Å². The predicted molar refractivity (Wildman–Crippen MR) is 77.2 cm³/mol. The average molecular weight is 295 g/mol. The van der Waals surface area contributed by atoms with E-state index in [2.05, 4.69) is 20.6 Å². The largest absolute Gasteiger partial charge is 0.480 e. The maximum Gasteiger partial charge on any atom is 0.325 e. The molecule has 1 fully saturated rings. The van der Waals surface area contributed by atoms with E-state index in [9.17, 15) is 9.59 Å². The molecule has 2 amide bonds. The number of aliphatic carboxylic acids is 1. The van der Waals surface area contributed by atoms with Gasteiger partial charge in [-0.15, -0.1) is 0 Å².